The van der Waals surface area contributed by atoms with Gasteiger partial charge in [-0.1, -0.05) is 6.07 Å². The molecule has 33 heavy (non-hydrogen) atoms. The molecule has 1 fully saturated rings. The fourth-order valence-corrected chi connectivity index (χ4v) is 4.39. The normalized spacial score (nSPS) is 19.2. The molecule has 4 aromatic rings. The third-order valence-corrected chi connectivity index (χ3v) is 6.18. The molecule has 2 N–H and O–H groups in total. The maximum absolute atomic E-state index is 13.0. The Morgan fingerprint density at radius 2 is 1.85 bits per heavy atom. The van der Waals surface area contributed by atoms with Gasteiger partial charge in [0.25, 0.3) is 5.91 Å². The molecule has 1 aliphatic carbocycles. The van der Waals surface area contributed by atoms with Crippen LogP contribution < -0.4 is 10.6 Å². The zero-order valence-electron chi connectivity index (χ0n) is 17.9. The molecule has 172 valence electrons. The van der Waals surface area contributed by atoms with Crippen LogP contribution in [0.25, 0.3) is 16.7 Å². The molecule has 5 rings (SSSR count). The van der Waals surface area contributed by atoms with Gasteiger partial charge >= 0.3 is 6.18 Å². The summed E-state index contributed by atoms with van der Waals surface area (Å²) in [5.41, 5.74) is 1.68. The predicted molar refractivity (Wildman–Crippen MR) is 118 cm³/mol. The van der Waals surface area contributed by atoms with E-state index in [1.807, 2.05) is 23.7 Å². The average molecular weight is 456 g/mol. The van der Waals surface area contributed by atoms with Gasteiger partial charge in [-0.25, -0.2) is 9.97 Å². The van der Waals surface area contributed by atoms with Crippen molar-refractivity contribution in [2.45, 2.75) is 43.9 Å². The molecule has 1 aliphatic rings. The first-order chi connectivity index (χ1) is 15.8. The van der Waals surface area contributed by atoms with E-state index < -0.39 is 11.9 Å². The van der Waals surface area contributed by atoms with Crippen molar-refractivity contribution in [2.75, 3.05) is 5.32 Å². The summed E-state index contributed by atoms with van der Waals surface area (Å²) in [7, 11) is 1.89. The second-order valence-electron chi connectivity index (χ2n) is 8.49. The first kappa shape index (κ1) is 21.3. The molecule has 1 amide bonds. The van der Waals surface area contributed by atoms with Gasteiger partial charge in [-0.15, -0.1) is 0 Å². The van der Waals surface area contributed by atoms with Gasteiger partial charge in [-0.2, -0.15) is 13.2 Å². The highest BCUT2D eigenvalue weighted by Gasteiger charge is 2.34. The lowest BCUT2D eigenvalue weighted by Crippen LogP contribution is -2.40. The number of carbonyl (C=O) groups excluding carboxylic acids is 1. The van der Waals surface area contributed by atoms with Gasteiger partial charge in [-0.3, -0.25) is 9.20 Å². The van der Waals surface area contributed by atoms with Crippen molar-refractivity contribution < 1.29 is 18.0 Å². The van der Waals surface area contributed by atoms with E-state index in [4.69, 9.17) is 0 Å². The Morgan fingerprint density at radius 3 is 2.61 bits per heavy atom. The topological polar surface area (TPSA) is 76.2 Å². The second kappa shape index (κ2) is 8.09. The van der Waals surface area contributed by atoms with Gasteiger partial charge in [0.1, 0.15) is 11.5 Å². The first-order valence-corrected chi connectivity index (χ1v) is 10.8. The number of nitrogens with one attached hydrogen (secondary N) is 2. The van der Waals surface area contributed by atoms with Crippen molar-refractivity contribution in [3.8, 4) is 0 Å². The van der Waals surface area contributed by atoms with Gasteiger partial charge in [-0.05, 0) is 56.0 Å². The fourth-order valence-electron chi connectivity index (χ4n) is 4.39. The third-order valence-electron chi connectivity index (χ3n) is 6.18. The number of hydrogen-bond donors (Lipinski definition) is 2. The first-order valence-electron chi connectivity index (χ1n) is 10.8. The summed E-state index contributed by atoms with van der Waals surface area (Å²) in [6, 6.07) is 10.6. The number of nitrogens with zero attached hydrogens (tertiary/aromatic N) is 4. The van der Waals surface area contributed by atoms with Crippen molar-refractivity contribution >= 4 is 28.4 Å². The maximum Gasteiger partial charge on any atom is 0.434 e. The number of hydrogen-bond acceptors (Lipinski definition) is 4. The zero-order chi connectivity index (χ0) is 23.2. The zero-order valence-corrected chi connectivity index (χ0v) is 17.9. The number of fused-ring (bicyclic) bond motifs is 2. The van der Waals surface area contributed by atoms with Crippen LogP contribution in [0.1, 0.15) is 41.7 Å². The number of halogens is 3. The SMILES string of the molecule is Cn1cnc2ccc(C(=O)N[C@H]3CC[C@@H](Nc4cccc5nc(C(F)(F)F)cn45)CC3)cc21. The van der Waals surface area contributed by atoms with E-state index in [0.29, 0.717) is 11.4 Å². The van der Waals surface area contributed by atoms with Crippen molar-refractivity contribution in [2.24, 2.45) is 7.05 Å². The van der Waals surface area contributed by atoms with Crippen LogP contribution in [-0.2, 0) is 13.2 Å². The van der Waals surface area contributed by atoms with Crippen LogP contribution in [-0.4, -0.2) is 36.9 Å². The van der Waals surface area contributed by atoms with Crippen LogP contribution in [0.2, 0.25) is 0 Å². The van der Waals surface area contributed by atoms with E-state index in [9.17, 15) is 18.0 Å². The number of amides is 1. The molecule has 3 aromatic heterocycles. The van der Waals surface area contributed by atoms with Crippen molar-refractivity contribution in [1.29, 1.82) is 0 Å². The summed E-state index contributed by atoms with van der Waals surface area (Å²) in [5.74, 6) is 0.463. The lowest BCUT2D eigenvalue weighted by molar-refractivity contribution is -0.140. The second-order valence-corrected chi connectivity index (χ2v) is 8.49. The molecular formula is C23H23F3N6O. The average Bonchev–Trinajstić information content (AvgIpc) is 3.39. The lowest BCUT2D eigenvalue weighted by Gasteiger charge is -2.30. The molecule has 0 atom stereocenters. The minimum Gasteiger partial charge on any atom is -0.368 e. The van der Waals surface area contributed by atoms with E-state index in [2.05, 4.69) is 20.6 Å². The summed E-state index contributed by atoms with van der Waals surface area (Å²) in [4.78, 5) is 20.7. The van der Waals surface area contributed by atoms with Crippen molar-refractivity contribution in [3.05, 3.63) is 60.2 Å². The highest BCUT2D eigenvalue weighted by Crippen LogP contribution is 2.30. The summed E-state index contributed by atoms with van der Waals surface area (Å²) < 4.78 is 42.4. The Balaban J connectivity index is 1.21. The van der Waals surface area contributed by atoms with Crippen molar-refractivity contribution in [3.63, 3.8) is 0 Å². The smallest absolute Gasteiger partial charge is 0.368 e. The molecule has 3 heterocycles. The van der Waals surface area contributed by atoms with Crippen LogP contribution in [0.4, 0.5) is 19.0 Å². The Labute approximate surface area is 187 Å². The van der Waals surface area contributed by atoms with Crippen LogP contribution >= 0.6 is 0 Å². The van der Waals surface area contributed by atoms with Crippen LogP contribution in [0.3, 0.4) is 0 Å². The van der Waals surface area contributed by atoms with Crippen LogP contribution in [0.5, 0.6) is 0 Å². The molecule has 7 nitrogen and oxygen atoms in total. The van der Waals surface area contributed by atoms with Gasteiger partial charge in [0.2, 0.25) is 0 Å². The molecule has 0 spiro atoms. The summed E-state index contributed by atoms with van der Waals surface area (Å²) in [5, 5.41) is 6.46. The van der Waals surface area contributed by atoms with Crippen LogP contribution in [0.15, 0.2) is 48.9 Å². The number of carbonyl (C=O) groups is 1. The molecule has 0 radical (unpaired) electrons. The Kier molecular flexibility index (Phi) is 5.22. The quantitative estimate of drug-likeness (QED) is 0.478. The number of imidazole rings is 2. The third kappa shape index (κ3) is 4.24. The summed E-state index contributed by atoms with van der Waals surface area (Å²) >= 11 is 0. The molecule has 0 aliphatic heterocycles. The van der Waals surface area contributed by atoms with Gasteiger partial charge in [0.05, 0.1) is 17.4 Å². The Bertz CT molecular complexity index is 1320. The largest absolute Gasteiger partial charge is 0.434 e. The van der Waals surface area contributed by atoms with E-state index in [1.54, 1.807) is 30.6 Å². The highest BCUT2D eigenvalue weighted by molar-refractivity contribution is 5.97. The minimum atomic E-state index is -4.49. The molecule has 0 unspecified atom stereocenters. The molecule has 10 heteroatoms. The predicted octanol–water partition coefficient (Wildman–Crippen LogP) is 4.39. The minimum absolute atomic E-state index is 0.0543. The number of aromatic nitrogens is 4. The van der Waals surface area contributed by atoms with E-state index in [-0.39, 0.29) is 23.6 Å². The standard InChI is InChI=1S/C23H23F3N6O/c1-31-13-27-17-10-5-14(11-18(17)31)22(33)29-16-8-6-15(7-9-16)28-20-3-2-4-21-30-19(12-32(20)21)23(24,25)26/h2-5,10-13,15-16,28H,6-9H2,1H3,(H,29,33)/t15-,16+. The molecule has 1 aromatic carbocycles. The number of aryl methyl sites for hydroxylation is 1. The van der Waals surface area contributed by atoms with Crippen molar-refractivity contribution in [1.82, 2.24) is 24.3 Å². The van der Waals surface area contributed by atoms with E-state index in [1.165, 1.54) is 4.40 Å². The van der Waals surface area contributed by atoms with E-state index in [0.717, 1.165) is 42.9 Å². The maximum atomic E-state index is 13.0. The highest BCUT2D eigenvalue weighted by atomic mass is 19.4. The number of benzene rings is 1. The van der Waals surface area contributed by atoms with Crippen LogP contribution in [0, 0.1) is 0 Å². The monoisotopic (exact) mass is 456 g/mol. The number of rotatable bonds is 4. The lowest BCUT2D eigenvalue weighted by atomic mass is 9.91. The summed E-state index contributed by atoms with van der Waals surface area (Å²) in [6.45, 7) is 0. The molecule has 0 saturated heterocycles. The van der Waals surface area contributed by atoms with Gasteiger partial charge < -0.3 is 15.2 Å². The Hall–Kier alpha value is -3.56. The summed E-state index contributed by atoms with van der Waals surface area (Å²) in [6.07, 6.45) is 1.40. The number of pyridine rings is 1. The van der Waals surface area contributed by atoms with E-state index >= 15 is 0 Å². The van der Waals surface area contributed by atoms with Gasteiger partial charge in [0.15, 0.2) is 5.69 Å². The Morgan fingerprint density at radius 1 is 1.09 bits per heavy atom. The van der Waals surface area contributed by atoms with Gasteiger partial charge in [0, 0.05) is 30.9 Å². The number of alkyl halides is 3. The fraction of sp³-hybridized carbons (Fsp3) is 0.348. The molecular weight excluding hydrogens is 433 g/mol. The number of anilines is 1. The molecule has 1 saturated carbocycles. The molecule has 0 bridgehead atoms.